The predicted octanol–water partition coefficient (Wildman–Crippen LogP) is 3.68. The summed E-state index contributed by atoms with van der Waals surface area (Å²) in [5.74, 6) is -3.61. The molecule has 0 aliphatic rings. The maximum atomic E-state index is 14.7. The zero-order valence-electron chi connectivity index (χ0n) is 17.0. The van der Waals surface area contributed by atoms with Crippen LogP contribution in [0.4, 0.5) is 13.2 Å². The van der Waals surface area contributed by atoms with Gasteiger partial charge in [-0.15, -0.1) is 0 Å². The van der Waals surface area contributed by atoms with Gasteiger partial charge in [0.2, 0.25) is 5.06 Å². The number of aromatic nitrogens is 4. The fourth-order valence-corrected chi connectivity index (χ4v) is 3.93. The van der Waals surface area contributed by atoms with Gasteiger partial charge in [-0.1, -0.05) is 17.4 Å². The number of benzene rings is 2. The molecular weight excluding hydrogens is 461 g/mol. The van der Waals surface area contributed by atoms with Crippen molar-refractivity contribution >= 4 is 17.3 Å². The molecule has 0 spiro atoms. The topological polar surface area (TPSA) is 99.2 Å². The fraction of sp³-hybridized carbons (Fsp3) is 0.143. The van der Waals surface area contributed by atoms with Crippen molar-refractivity contribution in [1.82, 2.24) is 19.3 Å². The average Bonchev–Trinajstić information content (AvgIpc) is 3.27. The van der Waals surface area contributed by atoms with Gasteiger partial charge < -0.3 is 9.84 Å². The van der Waals surface area contributed by atoms with Crippen molar-refractivity contribution in [3.63, 3.8) is 0 Å². The van der Waals surface area contributed by atoms with Gasteiger partial charge in [-0.25, -0.2) is 22.9 Å². The summed E-state index contributed by atoms with van der Waals surface area (Å²) < 4.78 is 49.9. The molecule has 0 radical (unpaired) electrons. The van der Waals surface area contributed by atoms with Crippen molar-refractivity contribution < 1.29 is 27.8 Å². The Morgan fingerprint density at radius 3 is 2.55 bits per heavy atom. The van der Waals surface area contributed by atoms with E-state index >= 15 is 0 Å². The van der Waals surface area contributed by atoms with Crippen LogP contribution in [-0.4, -0.2) is 30.4 Å². The lowest BCUT2D eigenvalue weighted by molar-refractivity contribution is -0.136. The van der Waals surface area contributed by atoms with E-state index < -0.39 is 29.1 Å². The molecule has 12 heteroatoms. The number of halogens is 3. The van der Waals surface area contributed by atoms with Gasteiger partial charge in [-0.3, -0.25) is 9.36 Å². The molecule has 0 bridgehead atoms. The quantitative estimate of drug-likeness (QED) is 0.437. The molecule has 0 atom stereocenters. The van der Waals surface area contributed by atoms with Gasteiger partial charge in [0.05, 0.1) is 24.3 Å². The zero-order chi connectivity index (χ0) is 23.7. The van der Waals surface area contributed by atoms with Crippen molar-refractivity contribution in [1.29, 1.82) is 0 Å². The first kappa shape index (κ1) is 22.3. The van der Waals surface area contributed by atoms with Gasteiger partial charge in [0.15, 0.2) is 11.6 Å². The first-order valence-electron chi connectivity index (χ1n) is 9.46. The van der Waals surface area contributed by atoms with Gasteiger partial charge in [0.1, 0.15) is 23.0 Å². The minimum Gasteiger partial charge on any atom is -0.481 e. The van der Waals surface area contributed by atoms with Crippen LogP contribution in [0.5, 0.6) is 10.8 Å². The van der Waals surface area contributed by atoms with E-state index in [9.17, 15) is 22.8 Å². The number of rotatable bonds is 7. The van der Waals surface area contributed by atoms with Crippen LogP contribution in [0.2, 0.25) is 0 Å². The first-order valence-corrected chi connectivity index (χ1v) is 10.3. The summed E-state index contributed by atoms with van der Waals surface area (Å²) in [5.41, 5.74) is -0.529. The molecule has 0 saturated carbocycles. The second-order valence-electron chi connectivity index (χ2n) is 6.92. The van der Waals surface area contributed by atoms with Crippen LogP contribution in [-0.2, 0) is 17.8 Å². The van der Waals surface area contributed by atoms with Crippen molar-refractivity contribution in [2.45, 2.75) is 19.9 Å². The molecule has 8 nitrogen and oxygen atoms in total. The highest BCUT2D eigenvalue weighted by molar-refractivity contribution is 7.13. The summed E-state index contributed by atoms with van der Waals surface area (Å²) in [5, 5.41) is 13.3. The molecule has 0 fully saturated rings. The Hall–Kier alpha value is -3.93. The number of aliphatic carboxylic acids is 1. The molecule has 1 N–H and O–H groups in total. The molecule has 4 rings (SSSR count). The summed E-state index contributed by atoms with van der Waals surface area (Å²) in [6, 6.07) is 7.06. The van der Waals surface area contributed by atoms with E-state index in [1.54, 1.807) is 6.92 Å². The molecule has 0 saturated heterocycles. The molecule has 33 heavy (non-hydrogen) atoms. The number of aryl methyl sites for hydroxylation is 1. The van der Waals surface area contributed by atoms with Gasteiger partial charge in [0.25, 0.3) is 0 Å². The Morgan fingerprint density at radius 1 is 1.15 bits per heavy atom. The van der Waals surface area contributed by atoms with Crippen LogP contribution in [0.3, 0.4) is 0 Å². The standard InChI is InChI=1S/C21H15F3N4O4S/c1-11-20(33-18(26-11)8-19(29)30)32-17-6-5-12(7-16(17)24)28-21(31)27(10-25-28)9-13-14(22)3-2-4-15(13)23/h2-7,10H,8-9H2,1H3,(H,29,30). The lowest BCUT2D eigenvalue weighted by Crippen LogP contribution is -2.24. The number of carboxylic acid groups (broad SMARTS) is 1. The van der Waals surface area contributed by atoms with Crippen LogP contribution in [0.1, 0.15) is 16.3 Å². The number of thiazole rings is 1. The molecule has 0 amide bonds. The highest BCUT2D eigenvalue weighted by Gasteiger charge is 2.17. The van der Waals surface area contributed by atoms with E-state index in [0.29, 0.717) is 10.7 Å². The van der Waals surface area contributed by atoms with Crippen molar-refractivity contribution in [3.8, 4) is 16.5 Å². The van der Waals surface area contributed by atoms with Crippen LogP contribution in [0, 0.1) is 24.4 Å². The summed E-state index contributed by atoms with van der Waals surface area (Å²) in [6.45, 7) is 1.22. The zero-order valence-corrected chi connectivity index (χ0v) is 17.8. The Morgan fingerprint density at radius 2 is 1.88 bits per heavy atom. The molecule has 0 unspecified atom stereocenters. The Kier molecular flexibility index (Phi) is 6.01. The molecule has 4 aromatic rings. The Bertz CT molecular complexity index is 1390. The first-order chi connectivity index (χ1) is 15.7. The molecule has 2 aromatic carbocycles. The SMILES string of the molecule is Cc1nc(CC(=O)O)sc1Oc1ccc(-n2ncn(Cc3c(F)cccc3F)c2=O)cc1F. The third-order valence-electron chi connectivity index (χ3n) is 4.59. The molecule has 2 aromatic heterocycles. The number of carbonyl (C=O) groups is 1. The lowest BCUT2D eigenvalue weighted by Gasteiger charge is -2.07. The molecule has 0 aliphatic carbocycles. The van der Waals surface area contributed by atoms with Crippen LogP contribution >= 0.6 is 11.3 Å². The highest BCUT2D eigenvalue weighted by Crippen LogP contribution is 2.33. The van der Waals surface area contributed by atoms with Gasteiger partial charge in [-0.2, -0.15) is 9.78 Å². The third-order valence-corrected chi connectivity index (χ3v) is 5.62. The largest absolute Gasteiger partial charge is 0.481 e. The Labute approximate surface area is 188 Å². The van der Waals surface area contributed by atoms with E-state index in [2.05, 4.69) is 10.1 Å². The monoisotopic (exact) mass is 476 g/mol. The highest BCUT2D eigenvalue weighted by atomic mass is 32.1. The number of ether oxygens (including phenoxy) is 1. The normalized spacial score (nSPS) is 11.0. The molecule has 2 heterocycles. The summed E-state index contributed by atoms with van der Waals surface area (Å²) in [6.07, 6.45) is 0.819. The van der Waals surface area contributed by atoms with Gasteiger partial charge >= 0.3 is 11.7 Å². The summed E-state index contributed by atoms with van der Waals surface area (Å²) >= 11 is 0.988. The third kappa shape index (κ3) is 4.65. The molecule has 170 valence electrons. The predicted molar refractivity (Wildman–Crippen MR) is 112 cm³/mol. The second-order valence-corrected chi connectivity index (χ2v) is 7.97. The van der Waals surface area contributed by atoms with Crippen LogP contribution < -0.4 is 10.4 Å². The summed E-state index contributed by atoms with van der Waals surface area (Å²) in [4.78, 5) is 27.5. The van der Waals surface area contributed by atoms with E-state index in [4.69, 9.17) is 9.84 Å². The van der Waals surface area contributed by atoms with Crippen molar-refractivity contribution in [3.05, 3.63) is 86.9 Å². The average molecular weight is 476 g/mol. The minimum absolute atomic E-state index is 0.0743. The second kappa shape index (κ2) is 8.90. The van der Waals surface area contributed by atoms with Crippen LogP contribution in [0.15, 0.2) is 47.5 Å². The smallest absolute Gasteiger partial charge is 0.350 e. The fourth-order valence-electron chi connectivity index (χ4n) is 3.01. The number of hydrogen-bond donors (Lipinski definition) is 1. The molecule has 0 aliphatic heterocycles. The van der Waals surface area contributed by atoms with E-state index in [1.807, 2.05) is 0 Å². The van der Waals surface area contributed by atoms with Crippen LogP contribution in [0.25, 0.3) is 5.69 Å². The van der Waals surface area contributed by atoms with Gasteiger partial charge in [-0.05, 0) is 31.2 Å². The number of hydrogen-bond acceptors (Lipinski definition) is 6. The van der Waals surface area contributed by atoms with Crippen molar-refractivity contribution in [2.75, 3.05) is 0 Å². The van der Waals surface area contributed by atoms with Crippen molar-refractivity contribution in [2.24, 2.45) is 0 Å². The maximum Gasteiger partial charge on any atom is 0.350 e. The summed E-state index contributed by atoms with van der Waals surface area (Å²) in [7, 11) is 0. The van der Waals surface area contributed by atoms with E-state index in [-0.39, 0.29) is 35.0 Å². The number of carboxylic acids is 1. The minimum atomic E-state index is -1.05. The number of nitrogens with zero attached hydrogens (tertiary/aromatic N) is 4. The maximum absolute atomic E-state index is 14.7. The molecular formula is C21H15F3N4O4S. The van der Waals surface area contributed by atoms with E-state index in [1.165, 1.54) is 18.2 Å². The van der Waals surface area contributed by atoms with Gasteiger partial charge in [0, 0.05) is 11.6 Å². The Balaban J connectivity index is 1.57. The lowest BCUT2D eigenvalue weighted by atomic mass is 10.2. The van der Waals surface area contributed by atoms with E-state index in [0.717, 1.165) is 45.1 Å².